The Bertz CT molecular complexity index is 380. The van der Waals surface area contributed by atoms with Gasteiger partial charge in [0.15, 0.2) is 11.6 Å². The van der Waals surface area contributed by atoms with Gasteiger partial charge in [-0.3, -0.25) is 0 Å². The van der Waals surface area contributed by atoms with Crippen molar-refractivity contribution < 1.29 is 14.2 Å². The molecule has 3 N–H and O–H groups in total. The molecule has 0 heterocycles. The largest absolute Gasteiger partial charge is 0.488 e. The van der Waals surface area contributed by atoms with Gasteiger partial charge in [-0.05, 0) is 38.5 Å². The van der Waals surface area contributed by atoms with Gasteiger partial charge in [-0.25, -0.2) is 4.39 Å². The van der Waals surface area contributed by atoms with Crippen molar-refractivity contribution in [2.75, 3.05) is 6.54 Å². The van der Waals surface area contributed by atoms with E-state index in [2.05, 4.69) is 0 Å². The number of hydrogen-bond donors (Lipinski definition) is 2. The van der Waals surface area contributed by atoms with Crippen LogP contribution in [0.15, 0.2) is 18.2 Å². The van der Waals surface area contributed by atoms with Crippen LogP contribution in [0.2, 0.25) is 0 Å². The lowest BCUT2D eigenvalue weighted by molar-refractivity contribution is 0.0228. The van der Waals surface area contributed by atoms with E-state index in [1.54, 1.807) is 26.0 Å². The summed E-state index contributed by atoms with van der Waals surface area (Å²) in [7, 11) is 0. The second kappa shape index (κ2) is 5.47. The summed E-state index contributed by atoms with van der Waals surface area (Å²) in [5, 5.41) is 9.80. The number of hydrogen-bond acceptors (Lipinski definition) is 3. The van der Waals surface area contributed by atoms with Crippen LogP contribution in [0.5, 0.6) is 5.75 Å². The zero-order valence-electron chi connectivity index (χ0n) is 10.5. The molecule has 0 spiro atoms. The molecular formula is C13H20FNO2. The second-order valence-corrected chi connectivity index (χ2v) is 4.77. The van der Waals surface area contributed by atoms with E-state index in [1.165, 1.54) is 6.07 Å². The first-order valence-corrected chi connectivity index (χ1v) is 5.69. The number of aliphatic hydroxyl groups is 1. The predicted octanol–water partition coefficient (Wildman–Crippen LogP) is 2.00. The summed E-state index contributed by atoms with van der Waals surface area (Å²) in [4.78, 5) is 0. The van der Waals surface area contributed by atoms with Crippen molar-refractivity contribution in [1.29, 1.82) is 0 Å². The highest BCUT2D eigenvalue weighted by atomic mass is 19.1. The van der Waals surface area contributed by atoms with Gasteiger partial charge < -0.3 is 15.6 Å². The van der Waals surface area contributed by atoms with E-state index in [-0.39, 0.29) is 18.4 Å². The Hall–Kier alpha value is -1.13. The molecular weight excluding hydrogens is 221 g/mol. The lowest BCUT2D eigenvalue weighted by atomic mass is 9.99. The van der Waals surface area contributed by atoms with Gasteiger partial charge in [0, 0.05) is 13.0 Å². The molecule has 0 aliphatic rings. The number of aryl methyl sites for hydroxylation is 1. The quantitative estimate of drug-likeness (QED) is 0.829. The number of halogens is 1. The predicted molar refractivity (Wildman–Crippen MR) is 65.5 cm³/mol. The molecule has 0 bridgehead atoms. The fraction of sp³-hybridized carbons (Fsp3) is 0.538. The topological polar surface area (TPSA) is 55.5 Å². The van der Waals surface area contributed by atoms with E-state index >= 15 is 0 Å². The Morgan fingerprint density at radius 3 is 2.76 bits per heavy atom. The van der Waals surface area contributed by atoms with Crippen molar-refractivity contribution in [2.24, 2.45) is 5.73 Å². The molecule has 0 fully saturated rings. The molecule has 3 nitrogen and oxygen atoms in total. The van der Waals surface area contributed by atoms with Crippen LogP contribution in [0.4, 0.5) is 4.39 Å². The number of nitrogens with two attached hydrogens (primary N) is 1. The Morgan fingerprint density at radius 1 is 1.53 bits per heavy atom. The van der Waals surface area contributed by atoms with E-state index in [1.807, 2.05) is 6.92 Å². The van der Waals surface area contributed by atoms with Crippen LogP contribution in [-0.4, -0.2) is 23.4 Å². The monoisotopic (exact) mass is 241 g/mol. The summed E-state index contributed by atoms with van der Waals surface area (Å²) < 4.78 is 18.9. The highest BCUT2D eigenvalue weighted by Gasteiger charge is 2.23. The summed E-state index contributed by atoms with van der Waals surface area (Å²) in [5.74, 6) is -0.180. The number of rotatable bonds is 5. The van der Waals surface area contributed by atoms with Crippen molar-refractivity contribution in [3.8, 4) is 5.75 Å². The van der Waals surface area contributed by atoms with Gasteiger partial charge >= 0.3 is 0 Å². The van der Waals surface area contributed by atoms with Gasteiger partial charge in [-0.15, -0.1) is 0 Å². The van der Waals surface area contributed by atoms with E-state index in [0.29, 0.717) is 6.42 Å². The van der Waals surface area contributed by atoms with E-state index in [4.69, 9.17) is 10.5 Å². The normalized spacial score (nSPS) is 16.4. The van der Waals surface area contributed by atoms with Gasteiger partial charge in [0.2, 0.25) is 0 Å². The molecule has 0 aromatic heterocycles. The van der Waals surface area contributed by atoms with E-state index in [9.17, 15) is 9.50 Å². The highest BCUT2D eigenvalue weighted by Crippen LogP contribution is 2.22. The standard InChI is InChI=1S/C13H20FNO2/c1-9-4-5-11(14)12(6-9)17-10(2)7-13(3,16)8-15/h4-6,10,16H,7-8,15H2,1-3H3. The Labute approximate surface area is 101 Å². The van der Waals surface area contributed by atoms with Crippen LogP contribution < -0.4 is 10.5 Å². The molecule has 0 aliphatic carbocycles. The fourth-order valence-corrected chi connectivity index (χ4v) is 1.66. The summed E-state index contributed by atoms with van der Waals surface area (Å²) in [6.07, 6.45) is 0.0570. The molecule has 0 saturated carbocycles. The molecule has 1 rings (SSSR count). The van der Waals surface area contributed by atoms with Crippen LogP contribution >= 0.6 is 0 Å². The minimum absolute atomic E-state index is 0.150. The summed E-state index contributed by atoms with van der Waals surface area (Å²) >= 11 is 0. The molecule has 96 valence electrons. The van der Waals surface area contributed by atoms with Crippen LogP contribution in [0.25, 0.3) is 0 Å². The Morgan fingerprint density at radius 2 is 2.18 bits per heavy atom. The first-order valence-electron chi connectivity index (χ1n) is 5.69. The third-order valence-electron chi connectivity index (χ3n) is 2.58. The third-order valence-corrected chi connectivity index (χ3v) is 2.58. The molecule has 0 saturated heterocycles. The highest BCUT2D eigenvalue weighted by molar-refractivity contribution is 5.29. The van der Waals surface area contributed by atoms with Crippen molar-refractivity contribution in [3.05, 3.63) is 29.6 Å². The Kier molecular flexibility index (Phi) is 4.48. The first-order chi connectivity index (χ1) is 7.84. The van der Waals surface area contributed by atoms with Gasteiger partial charge in [-0.1, -0.05) is 6.07 Å². The van der Waals surface area contributed by atoms with Crippen molar-refractivity contribution in [2.45, 2.75) is 38.9 Å². The van der Waals surface area contributed by atoms with E-state index < -0.39 is 11.4 Å². The fourth-order valence-electron chi connectivity index (χ4n) is 1.66. The van der Waals surface area contributed by atoms with E-state index in [0.717, 1.165) is 5.56 Å². The maximum atomic E-state index is 13.4. The molecule has 0 amide bonds. The van der Waals surface area contributed by atoms with Gasteiger partial charge in [0.25, 0.3) is 0 Å². The van der Waals surface area contributed by atoms with Crippen LogP contribution in [-0.2, 0) is 0 Å². The zero-order valence-corrected chi connectivity index (χ0v) is 10.5. The van der Waals surface area contributed by atoms with Crippen LogP contribution in [0.1, 0.15) is 25.8 Å². The molecule has 1 aromatic rings. The molecule has 0 aliphatic heterocycles. The molecule has 17 heavy (non-hydrogen) atoms. The smallest absolute Gasteiger partial charge is 0.165 e. The summed E-state index contributed by atoms with van der Waals surface area (Å²) in [5.41, 5.74) is 5.37. The molecule has 2 unspecified atom stereocenters. The average molecular weight is 241 g/mol. The van der Waals surface area contributed by atoms with Gasteiger partial charge in [0.1, 0.15) is 0 Å². The lowest BCUT2D eigenvalue weighted by Crippen LogP contribution is -2.38. The summed E-state index contributed by atoms with van der Waals surface area (Å²) in [6.45, 7) is 5.44. The molecule has 1 aromatic carbocycles. The maximum Gasteiger partial charge on any atom is 0.165 e. The second-order valence-electron chi connectivity index (χ2n) is 4.77. The van der Waals surface area contributed by atoms with Crippen LogP contribution in [0, 0.1) is 12.7 Å². The summed E-state index contributed by atoms with van der Waals surface area (Å²) in [6, 6.07) is 4.70. The molecule has 4 heteroatoms. The minimum Gasteiger partial charge on any atom is -0.488 e. The SMILES string of the molecule is Cc1ccc(F)c(OC(C)CC(C)(O)CN)c1. The Balaban J connectivity index is 2.68. The lowest BCUT2D eigenvalue weighted by Gasteiger charge is -2.25. The van der Waals surface area contributed by atoms with Gasteiger partial charge in [-0.2, -0.15) is 0 Å². The average Bonchev–Trinajstić information content (AvgIpc) is 2.23. The maximum absolute atomic E-state index is 13.4. The minimum atomic E-state index is -0.986. The molecule has 0 radical (unpaired) electrons. The number of benzene rings is 1. The number of ether oxygens (including phenoxy) is 1. The third kappa shape index (κ3) is 4.32. The van der Waals surface area contributed by atoms with Gasteiger partial charge in [0.05, 0.1) is 11.7 Å². The van der Waals surface area contributed by atoms with Crippen molar-refractivity contribution in [1.82, 2.24) is 0 Å². The molecule has 2 atom stereocenters. The van der Waals surface area contributed by atoms with Crippen molar-refractivity contribution >= 4 is 0 Å². The van der Waals surface area contributed by atoms with Crippen molar-refractivity contribution in [3.63, 3.8) is 0 Å². The zero-order chi connectivity index (χ0) is 13.1. The first kappa shape index (κ1) is 13.9. The van der Waals surface area contributed by atoms with Crippen LogP contribution in [0.3, 0.4) is 0 Å².